The van der Waals surface area contributed by atoms with E-state index in [0.29, 0.717) is 25.7 Å². The van der Waals surface area contributed by atoms with E-state index in [2.05, 4.69) is 5.32 Å². The summed E-state index contributed by atoms with van der Waals surface area (Å²) in [6, 6.07) is 10.7. The highest BCUT2D eigenvalue weighted by molar-refractivity contribution is 5.85. The highest BCUT2D eigenvalue weighted by atomic mass is 35.5. The van der Waals surface area contributed by atoms with Gasteiger partial charge in [-0.05, 0) is 43.7 Å². The third-order valence-corrected chi connectivity index (χ3v) is 4.81. The van der Waals surface area contributed by atoms with E-state index < -0.39 is 0 Å². The van der Waals surface area contributed by atoms with Crippen LogP contribution in [-0.4, -0.2) is 43.1 Å². The first-order valence-corrected chi connectivity index (χ1v) is 8.94. The van der Waals surface area contributed by atoms with Crippen molar-refractivity contribution in [2.75, 3.05) is 26.2 Å². The van der Waals surface area contributed by atoms with E-state index >= 15 is 0 Å². The maximum atomic E-state index is 12.2. The largest absolute Gasteiger partial charge is 0.376 e. The predicted octanol–water partition coefficient (Wildman–Crippen LogP) is 3.01. The first-order chi connectivity index (χ1) is 11.3. The van der Waals surface area contributed by atoms with E-state index in [-0.39, 0.29) is 18.3 Å². The Morgan fingerprint density at radius 3 is 2.50 bits per heavy atom. The number of amides is 1. The van der Waals surface area contributed by atoms with E-state index in [4.69, 9.17) is 4.74 Å². The van der Waals surface area contributed by atoms with Crippen LogP contribution in [-0.2, 0) is 16.1 Å². The van der Waals surface area contributed by atoms with Gasteiger partial charge in [0, 0.05) is 19.1 Å². The summed E-state index contributed by atoms with van der Waals surface area (Å²) in [7, 11) is 0. The molecule has 0 aromatic heterocycles. The number of hydrogen-bond donors (Lipinski definition) is 1. The van der Waals surface area contributed by atoms with Crippen molar-refractivity contribution in [1.29, 1.82) is 0 Å². The molecule has 1 aromatic rings. The molecule has 4 nitrogen and oxygen atoms in total. The van der Waals surface area contributed by atoms with E-state index in [0.717, 1.165) is 37.4 Å². The average Bonchev–Trinajstić information content (AvgIpc) is 3.42. The minimum atomic E-state index is 0. The standard InChI is InChI=1S/C19H28N2O2.ClH/c22-19(10-13-23-15-17-4-2-1-3-5-17)21-11-8-18(9-12-21)20-14-16-6-7-16;/h1-5,16,18,20H,6-15H2;1H. The normalized spacial score (nSPS) is 18.2. The fourth-order valence-corrected chi connectivity index (χ4v) is 3.07. The molecule has 1 saturated carbocycles. The van der Waals surface area contributed by atoms with Crippen LogP contribution in [0.2, 0.25) is 0 Å². The zero-order valence-corrected chi connectivity index (χ0v) is 15.1. The van der Waals surface area contributed by atoms with Gasteiger partial charge in [-0.15, -0.1) is 12.4 Å². The Balaban J connectivity index is 0.00000208. The van der Waals surface area contributed by atoms with E-state index in [1.165, 1.54) is 19.4 Å². The molecule has 0 bridgehead atoms. The lowest BCUT2D eigenvalue weighted by Crippen LogP contribution is -2.45. The minimum Gasteiger partial charge on any atom is -0.376 e. The molecule has 0 unspecified atom stereocenters. The van der Waals surface area contributed by atoms with Gasteiger partial charge < -0.3 is 15.0 Å². The van der Waals surface area contributed by atoms with Gasteiger partial charge in [0.25, 0.3) is 0 Å². The third kappa shape index (κ3) is 6.42. The van der Waals surface area contributed by atoms with Gasteiger partial charge in [0.15, 0.2) is 0 Å². The van der Waals surface area contributed by atoms with Gasteiger partial charge in [0.05, 0.1) is 19.6 Å². The molecule has 1 aliphatic carbocycles. The number of piperidine rings is 1. The van der Waals surface area contributed by atoms with Crippen molar-refractivity contribution < 1.29 is 9.53 Å². The third-order valence-electron chi connectivity index (χ3n) is 4.81. The Hall–Kier alpha value is -1.10. The van der Waals surface area contributed by atoms with Gasteiger partial charge in [-0.1, -0.05) is 30.3 Å². The van der Waals surface area contributed by atoms with Crippen molar-refractivity contribution in [3.63, 3.8) is 0 Å². The number of carbonyl (C=O) groups excluding carboxylic acids is 1. The highest BCUT2D eigenvalue weighted by Crippen LogP contribution is 2.28. The summed E-state index contributed by atoms with van der Waals surface area (Å²) >= 11 is 0. The first-order valence-electron chi connectivity index (χ1n) is 8.94. The molecule has 1 heterocycles. The number of carbonyl (C=O) groups is 1. The van der Waals surface area contributed by atoms with Crippen molar-refractivity contribution in [1.82, 2.24) is 10.2 Å². The summed E-state index contributed by atoms with van der Waals surface area (Å²) in [6.07, 6.45) is 5.46. The maximum absolute atomic E-state index is 12.2. The number of halogens is 1. The summed E-state index contributed by atoms with van der Waals surface area (Å²) in [5.74, 6) is 1.16. The lowest BCUT2D eigenvalue weighted by molar-refractivity contribution is -0.133. The molecular formula is C19H29ClN2O2. The van der Waals surface area contributed by atoms with Crippen molar-refractivity contribution in [3.8, 4) is 0 Å². The Morgan fingerprint density at radius 2 is 1.83 bits per heavy atom. The molecule has 1 aliphatic heterocycles. The number of nitrogens with zero attached hydrogens (tertiary/aromatic N) is 1. The van der Waals surface area contributed by atoms with Crippen LogP contribution in [0.4, 0.5) is 0 Å². The molecule has 0 atom stereocenters. The first kappa shape index (κ1) is 19.2. The second kappa shape index (κ2) is 10.0. The molecular weight excluding hydrogens is 324 g/mol. The summed E-state index contributed by atoms with van der Waals surface area (Å²) < 4.78 is 5.61. The van der Waals surface area contributed by atoms with Crippen LogP contribution in [0, 0.1) is 5.92 Å². The molecule has 0 radical (unpaired) electrons. The van der Waals surface area contributed by atoms with Gasteiger partial charge in [0.1, 0.15) is 0 Å². The summed E-state index contributed by atoms with van der Waals surface area (Å²) in [4.78, 5) is 14.2. The minimum absolute atomic E-state index is 0. The molecule has 1 saturated heterocycles. The van der Waals surface area contributed by atoms with Crippen LogP contribution in [0.15, 0.2) is 30.3 Å². The van der Waals surface area contributed by atoms with Crippen molar-refractivity contribution in [2.45, 2.75) is 44.8 Å². The Bertz CT molecular complexity index is 485. The monoisotopic (exact) mass is 352 g/mol. The van der Waals surface area contributed by atoms with E-state index in [1.54, 1.807) is 0 Å². The lowest BCUT2D eigenvalue weighted by Gasteiger charge is -2.32. The number of nitrogens with one attached hydrogen (secondary N) is 1. The van der Waals surface area contributed by atoms with Crippen LogP contribution in [0.3, 0.4) is 0 Å². The van der Waals surface area contributed by atoms with Gasteiger partial charge in [-0.3, -0.25) is 4.79 Å². The van der Waals surface area contributed by atoms with Gasteiger partial charge in [-0.2, -0.15) is 0 Å². The zero-order valence-electron chi connectivity index (χ0n) is 14.3. The fraction of sp³-hybridized carbons (Fsp3) is 0.632. The van der Waals surface area contributed by atoms with Crippen LogP contribution >= 0.6 is 12.4 Å². The quantitative estimate of drug-likeness (QED) is 0.731. The molecule has 134 valence electrons. The van der Waals surface area contributed by atoms with Crippen molar-refractivity contribution in [2.24, 2.45) is 5.92 Å². The lowest BCUT2D eigenvalue weighted by atomic mass is 10.0. The van der Waals surface area contributed by atoms with Crippen LogP contribution in [0.25, 0.3) is 0 Å². The summed E-state index contributed by atoms with van der Waals surface area (Å²) in [5, 5.41) is 3.65. The van der Waals surface area contributed by atoms with Crippen LogP contribution in [0.1, 0.15) is 37.7 Å². The Labute approximate surface area is 151 Å². The molecule has 2 fully saturated rings. The fourth-order valence-electron chi connectivity index (χ4n) is 3.07. The summed E-state index contributed by atoms with van der Waals surface area (Å²) in [5.41, 5.74) is 1.16. The molecule has 3 rings (SSSR count). The average molecular weight is 353 g/mol. The van der Waals surface area contributed by atoms with Crippen molar-refractivity contribution >= 4 is 18.3 Å². The zero-order chi connectivity index (χ0) is 15.9. The number of likely N-dealkylation sites (tertiary alicyclic amines) is 1. The number of hydrogen-bond acceptors (Lipinski definition) is 3. The van der Waals surface area contributed by atoms with Crippen LogP contribution < -0.4 is 5.32 Å². The molecule has 1 amide bonds. The van der Waals surface area contributed by atoms with Gasteiger partial charge in [0.2, 0.25) is 5.91 Å². The predicted molar refractivity (Wildman–Crippen MR) is 98.3 cm³/mol. The molecule has 2 aliphatic rings. The molecule has 24 heavy (non-hydrogen) atoms. The van der Waals surface area contributed by atoms with Crippen molar-refractivity contribution in [3.05, 3.63) is 35.9 Å². The Kier molecular flexibility index (Phi) is 8.03. The van der Waals surface area contributed by atoms with Gasteiger partial charge >= 0.3 is 0 Å². The summed E-state index contributed by atoms with van der Waals surface area (Å²) in [6.45, 7) is 4.04. The topological polar surface area (TPSA) is 41.6 Å². The molecule has 1 N–H and O–H groups in total. The number of benzene rings is 1. The highest BCUT2D eigenvalue weighted by Gasteiger charge is 2.25. The Morgan fingerprint density at radius 1 is 1.12 bits per heavy atom. The maximum Gasteiger partial charge on any atom is 0.224 e. The number of rotatable bonds is 8. The second-order valence-electron chi connectivity index (χ2n) is 6.79. The smallest absolute Gasteiger partial charge is 0.224 e. The molecule has 5 heteroatoms. The van der Waals surface area contributed by atoms with Gasteiger partial charge in [-0.25, -0.2) is 0 Å². The second-order valence-corrected chi connectivity index (χ2v) is 6.79. The molecule has 0 spiro atoms. The molecule has 1 aromatic carbocycles. The number of ether oxygens (including phenoxy) is 1. The SMILES string of the molecule is Cl.O=C(CCOCc1ccccc1)N1CCC(NCC2CC2)CC1. The van der Waals surface area contributed by atoms with E-state index in [9.17, 15) is 4.79 Å². The van der Waals surface area contributed by atoms with Crippen LogP contribution in [0.5, 0.6) is 0 Å². The van der Waals surface area contributed by atoms with E-state index in [1.807, 2.05) is 35.2 Å².